The molecule has 1 nitrogen and oxygen atoms in total. The van der Waals surface area contributed by atoms with Gasteiger partial charge < -0.3 is 6.15 Å². The molecule has 3 N–H and O–H groups in total. The van der Waals surface area contributed by atoms with Crippen molar-refractivity contribution in [3.8, 4) is 0 Å². The van der Waals surface area contributed by atoms with Crippen LogP contribution < -0.4 is 6.15 Å². The minimum absolute atomic E-state index is 0. The van der Waals surface area contributed by atoms with Gasteiger partial charge in [0.1, 0.15) is 0 Å². The fraction of sp³-hybridized carbons (Fsp3) is 0.524. The molecule has 0 radical (unpaired) electrons. The summed E-state index contributed by atoms with van der Waals surface area (Å²) in [5, 5.41) is 2.85. The van der Waals surface area contributed by atoms with Crippen LogP contribution in [0, 0.1) is 6.92 Å². The highest BCUT2D eigenvalue weighted by atomic mass is 14.1. The average molecular weight is 300 g/mol. The SMILES string of the molecule is CCCCCCCCCCc1c(C)ccc2ccccc12.N. The first kappa shape index (κ1) is 18.7. The summed E-state index contributed by atoms with van der Waals surface area (Å²) in [6, 6.07) is 13.3. The van der Waals surface area contributed by atoms with E-state index in [-0.39, 0.29) is 6.15 Å². The third-order valence-electron chi connectivity index (χ3n) is 4.56. The molecule has 122 valence electrons. The molecule has 0 saturated carbocycles. The van der Waals surface area contributed by atoms with Crippen LogP contribution >= 0.6 is 0 Å². The molecule has 22 heavy (non-hydrogen) atoms. The summed E-state index contributed by atoms with van der Waals surface area (Å²) in [6.07, 6.45) is 12.4. The molecular weight excluding hydrogens is 266 g/mol. The van der Waals surface area contributed by atoms with Crippen LogP contribution in [0.25, 0.3) is 10.8 Å². The maximum Gasteiger partial charge on any atom is -0.0149 e. The van der Waals surface area contributed by atoms with Crippen LogP contribution in [-0.4, -0.2) is 0 Å². The van der Waals surface area contributed by atoms with Gasteiger partial charge in [-0.2, -0.15) is 0 Å². The van der Waals surface area contributed by atoms with E-state index in [4.69, 9.17) is 0 Å². The highest BCUT2D eigenvalue weighted by Gasteiger charge is 2.04. The topological polar surface area (TPSA) is 35.0 Å². The van der Waals surface area contributed by atoms with E-state index in [1.54, 1.807) is 5.56 Å². The van der Waals surface area contributed by atoms with Gasteiger partial charge >= 0.3 is 0 Å². The quantitative estimate of drug-likeness (QED) is 0.497. The lowest BCUT2D eigenvalue weighted by Crippen LogP contribution is -1.92. The van der Waals surface area contributed by atoms with Crippen LogP contribution in [0.5, 0.6) is 0 Å². The Kier molecular flexibility index (Phi) is 8.84. The largest absolute Gasteiger partial charge is 0.344 e. The lowest BCUT2D eigenvalue weighted by Gasteiger charge is -2.10. The molecule has 1 heteroatoms. The smallest absolute Gasteiger partial charge is 0.0149 e. The molecule has 0 aliphatic rings. The summed E-state index contributed by atoms with van der Waals surface area (Å²) in [5.41, 5.74) is 3.02. The summed E-state index contributed by atoms with van der Waals surface area (Å²) in [5.74, 6) is 0. The lowest BCUT2D eigenvalue weighted by atomic mass is 9.95. The zero-order valence-electron chi connectivity index (χ0n) is 14.5. The number of hydrogen-bond donors (Lipinski definition) is 1. The van der Waals surface area contributed by atoms with Gasteiger partial charge in [0.25, 0.3) is 0 Å². The fourth-order valence-corrected chi connectivity index (χ4v) is 3.21. The lowest BCUT2D eigenvalue weighted by molar-refractivity contribution is 0.575. The van der Waals surface area contributed by atoms with E-state index in [0.29, 0.717) is 0 Å². The minimum Gasteiger partial charge on any atom is -0.344 e. The number of rotatable bonds is 9. The Labute approximate surface area is 136 Å². The van der Waals surface area contributed by atoms with Crippen LogP contribution in [0.3, 0.4) is 0 Å². The van der Waals surface area contributed by atoms with Gasteiger partial charge in [-0.1, -0.05) is 88.3 Å². The van der Waals surface area contributed by atoms with Crippen molar-refractivity contribution in [1.82, 2.24) is 6.15 Å². The van der Waals surface area contributed by atoms with Gasteiger partial charge in [0.15, 0.2) is 0 Å². The minimum atomic E-state index is 0. The van der Waals surface area contributed by atoms with Crippen LogP contribution in [0.2, 0.25) is 0 Å². The van der Waals surface area contributed by atoms with Gasteiger partial charge in [0, 0.05) is 0 Å². The van der Waals surface area contributed by atoms with Gasteiger partial charge in [-0.3, -0.25) is 0 Å². The van der Waals surface area contributed by atoms with Gasteiger partial charge in [0.2, 0.25) is 0 Å². The molecule has 2 aromatic carbocycles. The van der Waals surface area contributed by atoms with E-state index in [1.807, 2.05) is 0 Å². The third-order valence-corrected chi connectivity index (χ3v) is 4.56. The van der Waals surface area contributed by atoms with Crippen molar-refractivity contribution in [1.29, 1.82) is 0 Å². The molecule has 0 spiro atoms. The predicted molar refractivity (Wildman–Crippen MR) is 100 cm³/mol. The molecule has 0 atom stereocenters. The summed E-state index contributed by atoms with van der Waals surface area (Å²) in [7, 11) is 0. The predicted octanol–water partition coefficient (Wildman–Crippen LogP) is 6.99. The number of fused-ring (bicyclic) bond motifs is 1. The second-order valence-electron chi connectivity index (χ2n) is 6.31. The molecule has 0 saturated heterocycles. The molecule has 0 amide bonds. The molecule has 0 aliphatic carbocycles. The van der Waals surface area contributed by atoms with Crippen LogP contribution in [0.4, 0.5) is 0 Å². The van der Waals surface area contributed by atoms with Gasteiger partial charge in [-0.25, -0.2) is 0 Å². The first-order chi connectivity index (χ1) is 10.3. The number of benzene rings is 2. The van der Waals surface area contributed by atoms with E-state index in [2.05, 4.69) is 50.2 Å². The van der Waals surface area contributed by atoms with E-state index in [0.717, 1.165) is 0 Å². The van der Waals surface area contributed by atoms with E-state index in [1.165, 1.54) is 74.1 Å². The van der Waals surface area contributed by atoms with Crippen molar-refractivity contribution in [2.45, 2.75) is 71.6 Å². The molecule has 0 aliphatic heterocycles. The molecule has 0 fully saturated rings. The van der Waals surface area contributed by atoms with Crippen LogP contribution in [-0.2, 0) is 6.42 Å². The molecule has 0 aromatic heterocycles. The molecule has 0 unspecified atom stereocenters. The summed E-state index contributed by atoms with van der Waals surface area (Å²) in [6.45, 7) is 4.54. The Morgan fingerprint density at radius 3 is 2.09 bits per heavy atom. The second kappa shape index (κ2) is 10.4. The monoisotopic (exact) mass is 299 g/mol. The Balaban J connectivity index is 0.00000242. The maximum atomic E-state index is 2.28. The molecule has 2 rings (SSSR count). The third kappa shape index (κ3) is 5.46. The van der Waals surface area contributed by atoms with E-state index in [9.17, 15) is 0 Å². The Hall–Kier alpha value is -1.34. The Bertz CT molecular complexity index is 545. The average Bonchev–Trinajstić information content (AvgIpc) is 2.51. The van der Waals surface area contributed by atoms with Crippen molar-refractivity contribution in [3.05, 3.63) is 47.5 Å². The first-order valence-electron chi connectivity index (χ1n) is 8.80. The van der Waals surface area contributed by atoms with E-state index < -0.39 is 0 Å². The van der Waals surface area contributed by atoms with Crippen molar-refractivity contribution < 1.29 is 0 Å². The van der Waals surface area contributed by atoms with Crippen molar-refractivity contribution in [2.75, 3.05) is 0 Å². The summed E-state index contributed by atoms with van der Waals surface area (Å²) < 4.78 is 0. The molecule has 0 heterocycles. The Morgan fingerprint density at radius 2 is 1.36 bits per heavy atom. The second-order valence-corrected chi connectivity index (χ2v) is 6.31. The Morgan fingerprint density at radius 1 is 0.727 bits per heavy atom. The zero-order valence-corrected chi connectivity index (χ0v) is 14.5. The number of aryl methyl sites for hydroxylation is 2. The number of hydrogen-bond acceptors (Lipinski definition) is 1. The van der Waals surface area contributed by atoms with Crippen molar-refractivity contribution in [3.63, 3.8) is 0 Å². The van der Waals surface area contributed by atoms with Gasteiger partial charge in [-0.05, 0) is 41.7 Å². The van der Waals surface area contributed by atoms with Gasteiger partial charge in [0.05, 0.1) is 0 Å². The van der Waals surface area contributed by atoms with Gasteiger partial charge in [-0.15, -0.1) is 0 Å². The highest BCUT2D eigenvalue weighted by Crippen LogP contribution is 2.24. The summed E-state index contributed by atoms with van der Waals surface area (Å²) in [4.78, 5) is 0. The molecule has 2 aromatic rings. The van der Waals surface area contributed by atoms with Crippen LogP contribution in [0.15, 0.2) is 36.4 Å². The molecule has 0 bridgehead atoms. The fourth-order valence-electron chi connectivity index (χ4n) is 3.21. The van der Waals surface area contributed by atoms with Crippen molar-refractivity contribution >= 4 is 10.8 Å². The van der Waals surface area contributed by atoms with Crippen molar-refractivity contribution in [2.24, 2.45) is 0 Å². The van der Waals surface area contributed by atoms with E-state index >= 15 is 0 Å². The first-order valence-corrected chi connectivity index (χ1v) is 8.80. The standard InChI is InChI=1S/C21H30.H3N/c1-3-4-5-6-7-8-9-10-14-20-18(2)16-17-19-13-11-12-15-21(19)20;/h11-13,15-17H,3-10,14H2,1-2H3;1H3. The van der Waals surface area contributed by atoms with Crippen LogP contribution in [0.1, 0.15) is 69.4 Å². The summed E-state index contributed by atoms with van der Waals surface area (Å²) >= 11 is 0. The number of unbranched alkanes of at least 4 members (excludes halogenated alkanes) is 7. The maximum absolute atomic E-state index is 2.28. The normalized spacial score (nSPS) is 10.6. The molecular formula is C21H33N. The zero-order chi connectivity index (χ0) is 14.9. The highest BCUT2D eigenvalue weighted by molar-refractivity contribution is 5.86.